The average Bonchev–Trinajstić information content (AvgIpc) is 2.10. The summed E-state index contributed by atoms with van der Waals surface area (Å²) in [7, 11) is 0. The number of amides is 2. The van der Waals surface area contributed by atoms with Crippen LogP contribution in [0.2, 0.25) is 0 Å². The molecule has 0 aliphatic heterocycles. The molecule has 0 saturated carbocycles. The van der Waals surface area contributed by atoms with Crippen LogP contribution in [0.3, 0.4) is 0 Å². The lowest BCUT2D eigenvalue weighted by molar-refractivity contribution is -0.127. The lowest BCUT2D eigenvalue weighted by Crippen LogP contribution is -2.43. The molecule has 94 valence electrons. The SMILES string of the molecule is CC(C)(N)CCC(=O)NCC(C)(C)C(N)=O. The third kappa shape index (κ3) is 6.40. The summed E-state index contributed by atoms with van der Waals surface area (Å²) >= 11 is 0. The van der Waals surface area contributed by atoms with Gasteiger partial charge in [-0.05, 0) is 34.1 Å². The van der Waals surface area contributed by atoms with E-state index in [1.807, 2.05) is 13.8 Å². The van der Waals surface area contributed by atoms with Crippen molar-refractivity contribution in [3.63, 3.8) is 0 Å². The standard InChI is InChI=1S/C11H23N3O2/c1-10(2,9(12)16)7-14-8(15)5-6-11(3,4)13/h5-7,13H2,1-4H3,(H2,12,16)(H,14,15). The van der Waals surface area contributed by atoms with Crippen LogP contribution < -0.4 is 16.8 Å². The van der Waals surface area contributed by atoms with Gasteiger partial charge in [-0.25, -0.2) is 0 Å². The Morgan fingerprint density at radius 3 is 2.06 bits per heavy atom. The number of nitrogens with two attached hydrogens (primary N) is 2. The quantitative estimate of drug-likeness (QED) is 0.604. The van der Waals surface area contributed by atoms with Crippen LogP contribution >= 0.6 is 0 Å². The van der Waals surface area contributed by atoms with Gasteiger partial charge in [0.1, 0.15) is 0 Å². The van der Waals surface area contributed by atoms with Gasteiger partial charge in [0.15, 0.2) is 0 Å². The summed E-state index contributed by atoms with van der Waals surface area (Å²) in [5.41, 5.74) is 9.88. The fourth-order valence-corrected chi connectivity index (χ4v) is 0.931. The average molecular weight is 229 g/mol. The molecule has 5 N–H and O–H groups in total. The van der Waals surface area contributed by atoms with Crippen LogP contribution in [-0.4, -0.2) is 23.9 Å². The Labute approximate surface area is 96.9 Å². The van der Waals surface area contributed by atoms with Crippen LogP contribution in [0.4, 0.5) is 0 Å². The van der Waals surface area contributed by atoms with E-state index in [1.54, 1.807) is 13.8 Å². The lowest BCUT2D eigenvalue weighted by atomic mass is 9.92. The molecule has 0 atom stereocenters. The van der Waals surface area contributed by atoms with Crippen molar-refractivity contribution in [2.45, 2.75) is 46.1 Å². The van der Waals surface area contributed by atoms with E-state index in [4.69, 9.17) is 11.5 Å². The van der Waals surface area contributed by atoms with Gasteiger partial charge < -0.3 is 16.8 Å². The second-order valence-corrected chi connectivity index (χ2v) is 5.51. The molecule has 5 heteroatoms. The molecule has 0 rings (SSSR count). The van der Waals surface area contributed by atoms with E-state index in [0.29, 0.717) is 12.8 Å². The Morgan fingerprint density at radius 2 is 1.69 bits per heavy atom. The highest BCUT2D eigenvalue weighted by Crippen LogP contribution is 2.12. The lowest BCUT2D eigenvalue weighted by Gasteiger charge is -2.22. The molecule has 0 unspecified atom stereocenters. The zero-order valence-electron chi connectivity index (χ0n) is 10.6. The number of hydrogen-bond acceptors (Lipinski definition) is 3. The van der Waals surface area contributed by atoms with Crippen LogP contribution in [0.5, 0.6) is 0 Å². The maximum atomic E-state index is 11.4. The smallest absolute Gasteiger partial charge is 0.224 e. The van der Waals surface area contributed by atoms with Gasteiger partial charge in [-0.15, -0.1) is 0 Å². The number of carbonyl (C=O) groups excluding carboxylic acids is 2. The molecule has 2 amide bonds. The van der Waals surface area contributed by atoms with Crippen molar-refractivity contribution in [1.82, 2.24) is 5.32 Å². The molecule has 0 aliphatic rings. The molecule has 5 nitrogen and oxygen atoms in total. The summed E-state index contributed by atoms with van der Waals surface area (Å²) in [4.78, 5) is 22.4. The normalized spacial score (nSPS) is 12.3. The van der Waals surface area contributed by atoms with Gasteiger partial charge in [0, 0.05) is 18.5 Å². The molecule has 0 aromatic heterocycles. The molecule has 0 radical (unpaired) electrons. The molecule has 0 bridgehead atoms. The molecular formula is C11H23N3O2. The Bertz CT molecular complexity index is 267. The summed E-state index contributed by atoms with van der Waals surface area (Å²) in [6.45, 7) is 7.39. The zero-order chi connectivity index (χ0) is 13.0. The monoisotopic (exact) mass is 229 g/mol. The Kier molecular flexibility index (Phi) is 4.93. The molecular weight excluding hydrogens is 206 g/mol. The fourth-order valence-electron chi connectivity index (χ4n) is 0.931. The first-order valence-corrected chi connectivity index (χ1v) is 5.40. The van der Waals surface area contributed by atoms with Gasteiger partial charge in [0.2, 0.25) is 11.8 Å². The molecule has 0 aromatic carbocycles. The molecule has 0 spiro atoms. The summed E-state index contributed by atoms with van der Waals surface area (Å²) in [5.74, 6) is -0.528. The van der Waals surface area contributed by atoms with Crippen molar-refractivity contribution in [1.29, 1.82) is 0 Å². The Morgan fingerprint density at radius 1 is 1.19 bits per heavy atom. The first-order valence-electron chi connectivity index (χ1n) is 5.40. The van der Waals surface area contributed by atoms with Gasteiger partial charge in [0.25, 0.3) is 0 Å². The summed E-state index contributed by atoms with van der Waals surface area (Å²) in [6, 6.07) is 0. The van der Waals surface area contributed by atoms with Crippen molar-refractivity contribution in [2.24, 2.45) is 16.9 Å². The fraction of sp³-hybridized carbons (Fsp3) is 0.818. The number of rotatable bonds is 6. The number of nitrogens with one attached hydrogen (secondary N) is 1. The number of carbonyl (C=O) groups is 2. The molecule has 0 saturated heterocycles. The van der Waals surface area contributed by atoms with Gasteiger partial charge in [0.05, 0.1) is 5.41 Å². The van der Waals surface area contributed by atoms with Crippen LogP contribution in [0.1, 0.15) is 40.5 Å². The Hall–Kier alpha value is -1.10. The summed E-state index contributed by atoms with van der Waals surface area (Å²) in [6.07, 6.45) is 0.966. The zero-order valence-corrected chi connectivity index (χ0v) is 10.6. The molecule has 16 heavy (non-hydrogen) atoms. The van der Waals surface area contributed by atoms with E-state index in [9.17, 15) is 9.59 Å². The highest BCUT2D eigenvalue weighted by Gasteiger charge is 2.25. The van der Waals surface area contributed by atoms with Crippen molar-refractivity contribution in [2.75, 3.05) is 6.54 Å². The summed E-state index contributed by atoms with van der Waals surface area (Å²) in [5, 5.41) is 2.68. The largest absolute Gasteiger partial charge is 0.369 e. The van der Waals surface area contributed by atoms with E-state index in [1.165, 1.54) is 0 Å². The van der Waals surface area contributed by atoms with Crippen molar-refractivity contribution < 1.29 is 9.59 Å². The van der Waals surface area contributed by atoms with Crippen molar-refractivity contribution >= 4 is 11.8 Å². The van der Waals surface area contributed by atoms with Gasteiger partial charge in [-0.3, -0.25) is 9.59 Å². The second-order valence-electron chi connectivity index (χ2n) is 5.51. The molecule has 0 heterocycles. The second kappa shape index (κ2) is 5.30. The Balaban J connectivity index is 3.96. The minimum atomic E-state index is -0.714. The maximum Gasteiger partial charge on any atom is 0.224 e. The van der Waals surface area contributed by atoms with Crippen LogP contribution in [-0.2, 0) is 9.59 Å². The molecule has 0 aromatic rings. The first kappa shape index (κ1) is 14.9. The van der Waals surface area contributed by atoms with E-state index >= 15 is 0 Å². The van der Waals surface area contributed by atoms with E-state index in [2.05, 4.69) is 5.32 Å². The third-order valence-electron chi connectivity index (χ3n) is 2.39. The van der Waals surface area contributed by atoms with Crippen LogP contribution in [0, 0.1) is 5.41 Å². The predicted octanol–water partition coefficient (Wildman–Crippen LogP) is 0.132. The summed E-state index contributed by atoms with van der Waals surface area (Å²) < 4.78 is 0. The highest BCUT2D eigenvalue weighted by molar-refractivity contribution is 5.82. The maximum absolute atomic E-state index is 11.4. The topological polar surface area (TPSA) is 98.2 Å². The minimum Gasteiger partial charge on any atom is -0.369 e. The molecule has 0 fully saturated rings. The highest BCUT2D eigenvalue weighted by atomic mass is 16.2. The number of primary amides is 1. The third-order valence-corrected chi connectivity index (χ3v) is 2.39. The van der Waals surface area contributed by atoms with Gasteiger partial charge >= 0.3 is 0 Å². The molecule has 0 aliphatic carbocycles. The van der Waals surface area contributed by atoms with Crippen LogP contribution in [0.15, 0.2) is 0 Å². The van der Waals surface area contributed by atoms with Gasteiger partial charge in [-0.1, -0.05) is 0 Å². The minimum absolute atomic E-state index is 0.104. The van der Waals surface area contributed by atoms with E-state index in [-0.39, 0.29) is 18.0 Å². The predicted molar refractivity (Wildman–Crippen MR) is 63.5 cm³/mol. The van der Waals surface area contributed by atoms with Gasteiger partial charge in [-0.2, -0.15) is 0 Å². The van der Waals surface area contributed by atoms with Crippen LogP contribution in [0.25, 0.3) is 0 Å². The van der Waals surface area contributed by atoms with E-state index < -0.39 is 11.3 Å². The van der Waals surface area contributed by atoms with Crippen molar-refractivity contribution in [3.8, 4) is 0 Å². The van der Waals surface area contributed by atoms with E-state index in [0.717, 1.165) is 0 Å². The number of hydrogen-bond donors (Lipinski definition) is 3. The van der Waals surface area contributed by atoms with Crippen molar-refractivity contribution in [3.05, 3.63) is 0 Å². The first-order chi connectivity index (χ1) is 7.04.